The number of nitrogens with zero attached hydrogens (tertiary/aromatic N) is 2. The summed E-state index contributed by atoms with van der Waals surface area (Å²) in [5, 5.41) is 14.1. The maximum Gasteiger partial charge on any atom is 0.312 e. The number of nitriles is 1. The molecular formula is C36H56N2O5. The van der Waals surface area contributed by atoms with E-state index >= 15 is 0 Å². The number of carbonyl (C=O) groups excluding carboxylic acids is 2. The van der Waals surface area contributed by atoms with Gasteiger partial charge in [-0.1, -0.05) is 53.6 Å². The van der Waals surface area contributed by atoms with E-state index in [1.54, 1.807) is 7.11 Å². The first-order valence-electron chi connectivity index (χ1n) is 16.8. The van der Waals surface area contributed by atoms with Crippen molar-refractivity contribution in [2.75, 3.05) is 13.7 Å². The molecule has 5 aliphatic carbocycles. The lowest BCUT2D eigenvalue weighted by Crippen LogP contribution is -2.70. The highest BCUT2D eigenvalue weighted by Gasteiger charge is 2.73. The molecule has 0 aromatic heterocycles. The molecule has 0 heterocycles. The molecule has 0 N–H and O–H groups in total. The second-order valence-corrected chi connectivity index (χ2v) is 17.1. The first kappa shape index (κ1) is 32.3. The van der Waals surface area contributed by atoms with Crippen molar-refractivity contribution in [2.24, 2.45) is 61.3 Å². The molecule has 0 amide bonds. The largest absolute Gasteiger partial charge is 0.469 e. The molecule has 0 spiro atoms. The zero-order valence-electron chi connectivity index (χ0n) is 28.3. The topological polar surface area (TPSA) is 98.0 Å². The molecule has 0 aromatic carbocycles. The number of methoxy groups -OCH3 is 1. The number of hydrogen-bond acceptors (Lipinski definition) is 7. The first-order chi connectivity index (χ1) is 20.0. The van der Waals surface area contributed by atoms with Gasteiger partial charge in [-0.15, -0.1) is 0 Å². The highest BCUT2D eigenvalue weighted by Crippen LogP contribution is 2.76. The Morgan fingerprint density at radius 2 is 1.63 bits per heavy atom. The molecule has 43 heavy (non-hydrogen) atoms. The molecule has 7 heteroatoms. The molecule has 5 rings (SSSR count). The molecule has 0 aliphatic heterocycles. The van der Waals surface area contributed by atoms with E-state index < -0.39 is 5.41 Å². The molecule has 9 atom stereocenters. The van der Waals surface area contributed by atoms with Crippen LogP contribution in [0.25, 0.3) is 0 Å². The van der Waals surface area contributed by atoms with Crippen molar-refractivity contribution < 1.29 is 23.9 Å². The van der Waals surface area contributed by atoms with Crippen molar-refractivity contribution in [1.82, 2.24) is 0 Å². The smallest absolute Gasteiger partial charge is 0.312 e. The van der Waals surface area contributed by atoms with E-state index in [9.17, 15) is 14.9 Å². The highest BCUT2D eigenvalue weighted by molar-refractivity contribution is 5.90. The van der Waals surface area contributed by atoms with Gasteiger partial charge in [-0.25, -0.2) is 0 Å². The van der Waals surface area contributed by atoms with E-state index in [0.29, 0.717) is 18.3 Å². The lowest BCUT2D eigenvalue weighted by Gasteiger charge is -2.73. The van der Waals surface area contributed by atoms with Crippen molar-refractivity contribution in [1.29, 1.82) is 5.26 Å². The van der Waals surface area contributed by atoms with E-state index in [4.69, 9.17) is 19.5 Å². The maximum atomic E-state index is 13.7. The molecule has 7 nitrogen and oxygen atoms in total. The van der Waals surface area contributed by atoms with Gasteiger partial charge in [0, 0.05) is 18.3 Å². The SMILES string of the molecule is COC(=O)[C@]12CCC(C)(C)C[C@@H]1[C@H]1/C(=N/OCCC#N)C[C@@H]3[C@@]4(C)CC[C@H](OC(C)=O)C(C)(C)[C@@H]4CC[C@@]3(C)[C@]1(C)CC2. The molecule has 240 valence electrons. The number of fused-ring (bicyclic) bond motifs is 7. The van der Waals surface area contributed by atoms with Crippen LogP contribution in [0.5, 0.6) is 0 Å². The summed E-state index contributed by atoms with van der Waals surface area (Å²) in [6.45, 7) is 18.7. The van der Waals surface area contributed by atoms with Crippen LogP contribution in [0, 0.1) is 67.5 Å². The molecule has 0 saturated heterocycles. The van der Waals surface area contributed by atoms with Gasteiger partial charge >= 0.3 is 11.9 Å². The second-order valence-electron chi connectivity index (χ2n) is 17.1. The fourth-order valence-corrected chi connectivity index (χ4v) is 12.0. The van der Waals surface area contributed by atoms with Gasteiger partial charge in [-0.05, 0) is 104 Å². The molecular weight excluding hydrogens is 540 g/mol. The van der Waals surface area contributed by atoms with Crippen molar-refractivity contribution in [3.05, 3.63) is 0 Å². The van der Waals surface area contributed by atoms with Gasteiger partial charge in [-0.2, -0.15) is 5.26 Å². The number of oxime groups is 1. The van der Waals surface area contributed by atoms with E-state index in [2.05, 4.69) is 54.5 Å². The van der Waals surface area contributed by atoms with Crippen molar-refractivity contribution in [3.63, 3.8) is 0 Å². The van der Waals surface area contributed by atoms with Gasteiger partial charge in [0.1, 0.15) is 12.7 Å². The molecule has 0 unspecified atom stereocenters. The summed E-state index contributed by atoms with van der Waals surface area (Å²) in [5.41, 5.74) is 0.663. The summed E-state index contributed by atoms with van der Waals surface area (Å²) in [6.07, 6.45) is 9.87. The number of carbonyl (C=O) groups is 2. The first-order valence-corrected chi connectivity index (χ1v) is 16.8. The Hall–Kier alpha value is -2.10. The zero-order chi connectivity index (χ0) is 31.6. The molecule has 0 radical (unpaired) electrons. The number of ether oxygens (including phenoxy) is 2. The Kier molecular flexibility index (Phi) is 8.08. The standard InChI is InChI=1S/C36H56N2O5/c1-23(39)43-28-12-13-33(6)26(32(28,4)5)11-14-34(7)27(33)21-25(38-42-20-10-19-37)29-24-22-31(2,3)15-17-36(24,30(40)41-9)18-16-35(29,34)8/h24,26-29H,10-18,20-22H2,1-9H3/b38-25+/t24-,26+,27-,28+,29+,33+,34-,35-,36+/m1/s1. The van der Waals surface area contributed by atoms with Crippen LogP contribution in [-0.2, 0) is 23.9 Å². The minimum absolute atomic E-state index is 0.0479. The quantitative estimate of drug-likeness (QED) is 0.182. The number of esters is 2. The van der Waals surface area contributed by atoms with E-state index in [1.165, 1.54) is 6.92 Å². The average molecular weight is 597 g/mol. The Morgan fingerprint density at radius 1 is 0.930 bits per heavy atom. The van der Waals surface area contributed by atoms with Crippen LogP contribution in [0.15, 0.2) is 5.16 Å². The Balaban J connectivity index is 1.62. The number of hydrogen-bond donors (Lipinski definition) is 0. The van der Waals surface area contributed by atoms with Crippen molar-refractivity contribution >= 4 is 17.7 Å². The molecule has 0 aromatic rings. The van der Waals surface area contributed by atoms with Crippen LogP contribution in [0.1, 0.15) is 126 Å². The third-order valence-corrected chi connectivity index (χ3v) is 14.4. The van der Waals surface area contributed by atoms with Crippen molar-refractivity contribution in [2.45, 2.75) is 132 Å². The summed E-state index contributed by atoms with van der Waals surface area (Å²) in [4.78, 5) is 31.7. The summed E-state index contributed by atoms with van der Waals surface area (Å²) < 4.78 is 11.5. The highest BCUT2D eigenvalue weighted by atomic mass is 16.6. The van der Waals surface area contributed by atoms with Crippen LogP contribution < -0.4 is 0 Å². The van der Waals surface area contributed by atoms with E-state index in [0.717, 1.165) is 69.9 Å². The Bertz CT molecular complexity index is 1200. The molecule has 5 aliphatic rings. The fourth-order valence-electron chi connectivity index (χ4n) is 12.0. The van der Waals surface area contributed by atoms with Gasteiger partial charge < -0.3 is 14.3 Å². The van der Waals surface area contributed by atoms with Gasteiger partial charge in [0.2, 0.25) is 0 Å². The maximum absolute atomic E-state index is 13.7. The van der Waals surface area contributed by atoms with Gasteiger partial charge in [0.05, 0.1) is 30.7 Å². The molecule has 0 bridgehead atoms. The minimum Gasteiger partial charge on any atom is -0.469 e. The fraction of sp³-hybridized carbons (Fsp3) is 0.889. The molecule has 5 saturated carbocycles. The predicted octanol–water partition coefficient (Wildman–Crippen LogP) is 7.87. The summed E-state index contributed by atoms with van der Waals surface area (Å²) >= 11 is 0. The predicted molar refractivity (Wildman–Crippen MR) is 166 cm³/mol. The van der Waals surface area contributed by atoms with Gasteiger partial charge in [0.15, 0.2) is 0 Å². The lowest BCUT2D eigenvalue weighted by atomic mass is 9.31. The normalized spacial score (nSPS) is 45.3. The number of rotatable bonds is 5. The van der Waals surface area contributed by atoms with Gasteiger partial charge in [-0.3, -0.25) is 9.59 Å². The van der Waals surface area contributed by atoms with Crippen LogP contribution in [0.4, 0.5) is 0 Å². The molecule has 5 fully saturated rings. The Labute approximate surface area is 259 Å². The van der Waals surface area contributed by atoms with E-state index in [1.807, 2.05) is 0 Å². The van der Waals surface area contributed by atoms with Crippen LogP contribution in [0.2, 0.25) is 0 Å². The monoisotopic (exact) mass is 596 g/mol. The third kappa shape index (κ3) is 4.75. The average Bonchev–Trinajstić information content (AvgIpc) is 2.92. The van der Waals surface area contributed by atoms with Gasteiger partial charge in [0.25, 0.3) is 0 Å². The van der Waals surface area contributed by atoms with E-state index in [-0.39, 0.29) is 63.6 Å². The van der Waals surface area contributed by atoms with Crippen LogP contribution in [0.3, 0.4) is 0 Å². The summed E-state index contributed by atoms with van der Waals surface area (Å²) in [5.74, 6) is 0.829. The summed E-state index contributed by atoms with van der Waals surface area (Å²) in [6, 6.07) is 2.18. The third-order valence-electron chi connectivity index (χ3n) is 14.4. The zero-order valence-corrected chi connectivity index (χ0v) is 28.3. The summed E-state index contributed by atoms with van der Waals surface area (Å²) in [7, 11) is 1.55. The lowest BCUT2D eigenvalue weighted by molar-refractivity contribution is -0.235. The Morgan fingerprint density at radius 3 is 2.28 bits per heavy atom. The van der Waals surface area contributed by atoms with Crippen LogP contribution in [-0.4, -0.2) is 37.5 Å². The minimum atomic E-state index is -0.490. The van der Waals surface area contributed by atoms with Crippen LogP contribution >= 0.6 is 0 Å². The second kappa shape index (κ2) is 10.8. The van der Waals surface area contributed by atoms with Crippen molar-refractivity contribution in [3.8, 4) is 6.07 Å².